The summed E-state index contributed by atoms with van der Waals surface area (Å²) in [6, 6.07) is 10.6. The second-order valence-corrected chi connectivity index (χ2v) is 11.0. The van der Waals surface area contributed by atoms with Gasteiger partial charge < -0.3 is 15.7 Å². The van der Waals surface area contributed by atoms with Gasteiger partial charge in [-0.1, -0.05) is 13.0 Å². The molecule has 4 rings (SSSR count). The van der Waals surface area contributed by atoms with Gasteiger partial charge >= 0.3 is 0 Å². The number of phenolic OH excluding ortho intramolecular Hbond substituents is 1. The minimum absolute atomic E-state index is 0.00168. The molecule has 1 amide bonds. The molecule has 35 heavy (non-hydrogen) atoms. The molecule has 2 aromatic heterocycles. The van der Waals surface area contributed by atoms with Crippen molar-refractivity contribution >= 4 is 27.6 Å². The number of nitrogens with two attached hydrogens (primary N) is 1. The average Bonchev–Trinajstić information content (AvgIpc) is 3.04. The summed E-state index contributed by atoms with van der Waals surface area (Å²) < 4.78 is 41.6. The normalized spacial score (nSPS) is 17.4. The van der Waals surface area contributed by atoms with Crippen molar-refractivity contribution in [3.8, 4) is 17.0 Å². The highest BCUT2D eigenvalue weighted by molar-refractivity contribution is 7.90. The molecule has 1 atom stereocenters. The van der Waals surface area contributed by atoms with Crippen molar-refractivity contribution < 1.29 is 22.7 Å². The topological polar surface area (TPSA) is 139 Å². The average molecular weight is 500 g/mol. The molecule has 0 radical (unpaired) electrons. The second-order valence-electron chi connectivity index (χ2n) is 9.33. The quantitative estimate of drug-likeness (QED) is 0.486. The molecule has 11 heteroatoms. The van der Waals surface area contributed by atoms with Crippen LogP contribution in [0, 0.1) is 11.7 Å². The summed E-state index contributed by atoms with van der Waals surface area (Å²) >= 11 is 0. The van der Waals surface area contributed by atoms with E-state index in [4.69, 9.17) is 5.73 Å². The number of carbonyl (C=O) groups is 1. The number of phenols is 1. The maximum Gasteiger partial charge on any atom is 0.281 e. The highest BCUT2D eigenvalue weighted by atomic mass is 32.2. The van der Waals surface area contributed by atoms with Gasteiger partial charge in [-0.25, -0.2) is 19.1 Å². The zero-order valence-electron chi connectivity index (χ0n) is 19.5. The highest BCUT2D eigenvalue weighted by Gasteiger charge is 2.39. The van der Waals surface area contributed by atoms with E-state index >= 15 is 0 Å². The Bertz CT molecular complexity index is 1390. The summed E-state index contributed by atoms with van der Waals surface area (Å²) in [5, 5.41) is 9.44. The number of hydrogen-bond donors (Lipinski definition) is 3. The summed E-state index contributed by atoms with van der Waals surface area (Å²) in [7, 11) is -4.30. The number of aromatic hydroxyl groups is 1. The summed E-state index contributed by atoms with van der Waals surface area (Å²) in [4.78, 5) is 23.6. The molecule has 184 valence electrons. The summed E-state index contributed by atoms with van der Waals surface area (Å²) in [6.45, 7) is 6.68. The Hall–Kier alpha value is -3.73. The molecule has 4 N–H and O–H groups in total. The number of nitrogens with one attached hydrogen (secondary N) is 1. The van der Waals surface area contributed by atoms with Crippen molar-refractivity contribution in [2.24, 2.45) is 5.92 Å². The van der Waals surface area contributed by atoms with E-state index in [1.165, 1.54) is 42.5 Å². The van der Waals surface area contributed by atoms with Gasteiger partial charge in [0.15, 0.2) is 5.03 Å². The van der Waals surface area contributed by atoms with Gasteiger partial charge in [0.1, 0.15) is 23.2 Å². The van der Waals surface area contributed by atoms with Crippen LogP contribution >= 0.6 is 0 Å². The first kappa shape index (κ1) is 24.4. The fourth-order valence-corrected chi connectivity index (χ4v) is 5.43. The van der Waals surface area contributed by atoms with Gasteiger partial charge in [0.05, 0.1) is 11.3 Å². The van der Waals surface area contributed by atoms with Crippen molar-refractivity contribution in [3.05, 3.63) is 59.9 Å². The van der Waals surface area contributed by atoms with Crippen molar-refractivity contribution in [1.29, 1.82) is 0 Å². The molecule has 1 aliphatic rings. The van der Waals surface area contributed by atoms with Crippen LogP contribution in [-0.2, 0) is 10.0 Å². The van der Waals surface area contributed by atoms with E-state index in [0.717, 1.165) is 12.5 Å². The SMILES string of the molecule is C[C@@H]1CN(c2nc(-c3cc(O)cc(F)c3)ccc2C(=O)NS(=O)(=O)c2cccc(N)n2)C(C)(C)C1. The van der Waals surface area contributed by atoms with Crippen LogP contribution in [0.1, 0.15) is 37.6 Å². The number of carbonyl (C=O) groups excluding carboxylic acids is 1. The first-order valence-electron chi connectivity index (χ1n) is 10.9. The molecule has 0 bridgehead atoms. The molecule has 3 aromatic rings. The first-order valence-corrected chi connectivity index (χ1v) is 12.4. The fraction of sp³-hybridized carbons (Fsp3) is 0.292. The first-order chi connectivity index (χ1) is 16.4. The number of anilines is 2. The number of aromatic nitrogens is 2. The third kappa shape index (κ3) is 5.04. The van der Waals surface area contributed by atoms with Crippen molar-refractivity contribution in [3.63, 3.8) is 0 Å². The van der Waals surface area contributed by atoms with Crippen LogP contribution in [0.5, 0.6) is 5.75 Å². The number of sulfonamides is 1. The zero-order valence-corrected chi connectivity index (χ0v) is 20.3. The molecular weight excluding hydrogens is 473 g/mol. The van der Waals surface area contributed by atoms with Crippen molar-refractivity contribution in [2.75, 3.05) is 17.2 Å². The molecule has 0 aliphatic carbocycles. The van der Waals surface area contributed by atoms with Crippen LogP contribution in [0.4, 0.5) is 16.0 Å². The molecule has 0 saturated carbocycles. The van der Waals surface area contributed by atoms with Crippen LogP contribution in [-0.4, -0.2) is 41.5 Å². The van der Waals surface area contributed by atoms with Crippen LogP contribution in [0.2, 0.25) is 0 Å². The van der Waals surface area contributed by atoms with Crippen molar-refractivity contribution in [1.82, 2.24) is 14.7 Å². The lowest BCUT2D eigenvalue weighted by Gasteiger charge is -2.34. The second kappa shape index (κ2) is 8.81. The number of rotatable bonds is 5. The molecule has 1 saturated heterocycles. The minimum Gasteiger partial charge on any atom is -0.508 e. The Kier molecular flexibility index (Phi) is 6.14. The van der Waals surface area contributed by atoms with Crippen LogP contribution in [0.25, 0.3) is 11.3 Å². The molecule has 0 spiro atoms. The number of halogens is 1. The van der Waals surface area contributed by atoms with Gasteiger partial charge in [-0.05, 0) is 62.6 Å². The lowest BCUT2D eigenvalue weighted by Crippen LogP contribution is -2.41. The highest BCUT2D eigenvalue weighted by Crippen LogP contribution is 2.38. The lowest BCUT2D eigenvalue weighted by atomic mass is 9.97. The number of amides is 1. The largest absolute Gasteiger partial charge is 0.508 e. The van der Waals surface area contributed by atoms with Gasteiger partial charge in [-0.15, -0.1) is 0 Å². The number of pyridine rings is 2. The van der Waals surface area contributed by atoms with E-state index < -0.39 is 21.7 Å². The Balaban J connectivity index is 1.79. The standard InChI is InChI=1S/C24H26FN5O4S/c1-14-12-24(2,3)30(13-14)22-18(7-8-19(27-22)15-9-16(25)11-17(31)10-15)23(32)29-35(33,34)21-6-4-5-20(26)28-21/h4-11,14,31H,12-13H2,1-3H3,(H2,26,28)(H,29,32)/t14-/m0/s1. The van der Waals surface area contributed by atoms with Crippen LogP contribution < -0.4 is 15.4 Å². The number of hydrogen-bond acceptors (Lipinski definition) is 8. The molecular formula is C24H26FN5O4S. The number of nitrogen functional groups attached to an aromatic ring is 1. The van der Waals surface area contributed by atoms with Gasteiger partial charge in [0.25, 0.3) is 15.9 Å². The maximum absolute atomic E-state index is 13.9. The van der Waals surface area contributed by atoms with E-state index in [2.05, 4.69) is 16.9 Å². The van der Waals surface area contributed by atoms with E-state index in [-0.39, 0.29) is 33.5 Å². The zero-order chi connectivity index (χ0) is 25.5. The van der Waals surface area contributed by atoms with E-state index in [0.29, 0.717) is 23.7 Å². The van der Waals surface area contributed by atoms with Gasteiger partial charge in [0, 0.05) is 23.7 Å². The van der Waals surface area contributed by atoms with Crippen LogP contribution in [0.3, 0.4) is 0 Å². The van der Waals surface area contributed by atoms with E-state index in [9.17, 15) is 22.7 Å². The predicted molar refractivity (Wildman–Crippen MR) is 130 cm³/mol. The Morgan fingerprint density at radius 2 is 1.94 bits per heavy atom. The van der Waals surface area contributed by atoms with Gasteiger partial charge in [0.2, 0.25) is 0 Å². The monoisotopic (exact) mass is 499 g/mol. The number of benzene rings is 1. The molecule has 3 heterocycles. The third-order valence-corrected chi connectivity index (χ3v) is 7.11. The summed E-state index contributed by atoms with van der Waals surface area (Å²) in [5.41, 5.74) is 5.88. The third-order valence-electron chi connectivity index (χ3n) is 5.87. The lowest BCUT2D eigenvalue weighted by molar-refractivity contribution is 0.0981. The molecule has 1 aromatic carbocycles. The Morgan fingerprint density at radius 1 is 1.20 bits per heavy atom. The molecule has 9 nitrogen and oxygen atoms in total. The predicted octanol–water partition coefficient (Wildman–Crippen LogP) is 3.31. The maximum atomic E-state index is 13.9. The molecule has 0 unspecified atom stereocenters. The fourth-order valence-electron chi connectivity index (χ4n) is 4.48. The van der Waals surface area contributed by atoms with E-state index in [1.54, 1.807) is 0 Å². The summed E-state index contributed by atoms with van der Waals surface area (Å²) in [6.07, 6.45) is 0.826. The Labute approximate surface area is 202 Å². The minimum atomic E-state index is -4.30. The van der Waals surface area contributed by atoms with Gasteiger partial charge in [-0.2, -0.15) is 8.42 Å². The molecule has 1 fully saturated rings. The number of nitrogens with zero attached hydrogens (tertiary/aromatic N) is 3. The Morgan fingerprint density at radius 3 is 2.57 bits per heavy atom. The smallest absolute Gasteiger partial charge is 0.281 e. The van der Waals surface area contributed by atoms with E-state index in [1.807, 2.05) is 23.5 Å². The van der Waals surface area contributed by atoms with Crippen LogP contribution in [0.15, 0.2) is 53.6 Å². The van der Waals surface area contributed by atoms with Crippen molar-refractivity contribution in [2.45, 2.75) is 37.8 Å². The summed E-state index contributed by atoms with van der Waals surface area (Å²) in [5.74, 6) is -1.24. The van der Waals surface area contributed by atoms with Gasteiger partial charge in [-0.3, -0.25) is 4.79 Å². The molecule has 1 aliphatic heterocycles.